The van der Waals surface area contributed by atoms with Crippen LogP contribution in [0, 0.1) is 0 Å². The third-order valence-electron chi connectivity index (χ3n) is 12.1. The highest BCUT2D eigenvalue weighted by molar-refractivity contribution is 6.23. The van der Waals surface area contributed by atoms with Crippen LogP contribution in [-0.4, -0.2) is 0 Å². The van der Waals surface area contributed by atoms with Gasteiger partial charge in [-0.1, -0.05) is 178 Å². The maximum Gasteiger partial charge on any atom is 0.143 e. The number of nitrogens with zero attached hydrogens (tertiary/aromatic N) is 1. The standard InChI is InChI=1S/C55H39NO/c1-55(2)49-26-13-11-22-44(49)45-33-32-40(34-50(45)55)56(51-27-14-12-20-41(51)36-16-5-3-6-17-36)39-30-28-38(29-31-39)42-24-15-25-47-53-46-23-10-9-21-43(46)48(35-52(53)57-54(42)47)37-18-7-4-8-19-37/h3-35H,1-2H3. The topological polar surface area (TPSA) is 16.4 Å². The van der Waals surface area contributed by atoms with Crippen LogP contribution in [0.5, 0.6) is 0 Å². The summed E-state index contributed by atoms with van der Waals surface area (Å²) in [4.78, 5) is 2.42. The SMILES string of the molecule is CC1(C)c2ccccc2-c2ccc(N(c3ccc(-c4cccc5c4oc4cc(-c6ccccc6)c6ccccc6c45)cc3)c3ccccc3-c3ccccc3)cc21. The van der Waals surface area contributed by atoms with Crippen molar-refractivity contribution >= 4 is 49.8 Å². The van der Waals surface area contributed by atoms with Gasteiger partial charge in [0.15, 0.2) is 0 Å². The van der Waals surface area contributed by atoms with E-state index in [0.29, 0.717) is 0 Å². The molecule has 1 aliphatic carbocycles. The molecule has 0 fully saturated rings. The molecule has 0 saturated heterocycles. The predicted octanol–water partition coefficient (Wildman–Crippen LogP) is 15.5. The van der Waals surface area contributed by atoms with Gasteiger partial charge in [0, 0.05) is 38.7 Å². The summed E-state index contributed by atoms with van der Waals surface area (Å²) in [7, 11) is 0. The summed E-state index contributed by atoms with van der Waals surface area (Å²) >= 11 is 0. The van der Waals surface area contributed by atoms with E-state index in [1.54, 1.807) is 0 Å². The Balaban J connectivity index is 1.07. The number of rotatable bonds is 6. The van der Waals surface area contributed by atoms with Crippen molar-refractivity contribution in [2.45, 2.75) is 19.3 Å². The van der Waals surface area contributed by atoms with E-state index in [4.69, 9.17) is 4.42 Å². The summed E-state index contributed by atoms with van der Waals surface area (Å²) in [6.45, 7) is 4.70. The summed E-state index contributed by atoms with van der Waals surface area (Å²) in [6.07, 6.45) is 0. The molecule has 0 amide bonds. The largest absolute Gasteiger partial charge is 0.455 e. The van der Waals surface area contributed by atoms with Crippen molar-refractivity contribution in [2.75, 3.05) is 4.90 Å². The van der Waals surface area contributed by atoms with Crippen molar-refractivity contribution in [1.82, 2.24) is 0 Å². The van der Waals surface area contributed by atoms with Gasteiger partial charge in [0.2, 0.25) is 0 Å². The van der Waals surface area contributed by atoms with Crippen LogP contribution in [0.25, 0.3) is 77.2 Å². The zero-order valence-electron chi connectivity index (χ0n) is 31.9. The van der Waals surface area contributed by atoms with E-state index in [1.165, 1.54) is 55.3 Å². The Labute approximate surface area is 332 Å². The first-order valence-electron chi connectivity index (χ1n) is 19.8. The van der Waals surface area contributed by atoms with Gasteiger partial charge in [-0.05, 0) is 91.7 Å². The monoisotopic (exact) mass is 729 g/mol. The van der Waals surface area contributed by atoms with Crippen molar-refractivity contribution in [3.05, 3.63) is 211 Å². The molecule has 2 heteroatoms. The van der Waals surface area contributed by atoms with Crippen LogP contribution >= 0.6 is 0 Å². The third kappa shape index (κ3) is 5.25. The molecule has 0 spiro atoms. The van der Waals surface area contributed by atoms with Crippen molar-refractivity contribution in [1.29, 1.82) is 0 Å². The number of fused-ring (bicyclic) bond motifs is 8. The summed E-state index contributed by atoms with van der Waals surface area (Å²) in [6, 6.07) is 72.4. The summed E-state index contributed by atoms with van der Waals surface area (Å²) in [5.74, 6) is 0. The van der Waals surface area contributed by atoms with Crippen LogP contribution in [-0.2, 0) is 5.41 Å². The highest BCUT2D eigenvalue weighted by Gasteiger charge is 2.36. The summed E-state index contributed by atoms with van der Waals surface area (Å²) in [5, 5.41) is 4.71. The minimum Gasteiger partial charge on any atom is -0.455 e. The Morgan fingerprint density at radius 1 is 0.386 bits per heavy atom. The molecule has 0 atom stereocenters. The second kappa shape index (κ2) is 13.0. The van der Waals surface area contributed by atoms with Gasteiger partial charge < -0.3 is 9.32 Å². The second-order valence-corrected chi connectivity index (χ2v) is 15.7. The number of benzene rings is 9. The van der Waals surface area contributed by atoms with Gasteiger partial charge in [0.05, 0.1) is 5.69 Å². The lowest BCUT2D eigenvalue weighted by atomic mass is 9.82. The van der Waals surface area contributed by atoms with E-state index in [0.717, 1.165) is 50.1 Å². The molecule has 1 aliphatic rings. The Bertz CT molecular complexity index is 3140. The molecule has 11 rings (SSSR count). The predicted molar refractivity (Wildman–Crippen MR) is 240 cm³/mol. The average Bonchev–Trinajstić information content (AvgIpc) is 3.76. The van der Waals surface area contributed by atoms with E-state index in [1.807, 2.05) is 0 Å². The number of hydrogen-bond donors (Lipinski definition) is 0. The number of anilines is 3. The molecule has 0 radical (unpaired) electrons. The van der Waals surface area contributed by atoms with E-state index in [2.05, 4.69) is 219 Å². The maximum absolute atomic E-state index is 6.87. The molecular weight excluding hydrogens is 691 g/mol. The molecule has 57 heavy (non-hydrogen) atoms. The molecule has 0 aliphatic heterocycles. The van der Waals surface area contributed by atoms with E-state index >= 15 is 0 Å². The Hall–Kier alpha value is -7.16. The average molecular weight is 730 g/mol. The first-order valence-corrected chi connectivity index (χ1v) is 19.8. The lowest BCUT2D eigenvalue weighted by Gasteiger charge is -2.30. The summed E-state index contributed by atoms with van der Waals surface area (Å²) in [5.41, 5.74) is 17.3. The van der Waals surface area contributed by atoms with E-state index < -0.39 is 0 Å². The third-order valence-corrected chi connectivity index (χ3v) is 12.1. The van der Waals surface area contributed by atoms with Crippen molar-refractivity contribution in [3.8, 4) is 44.5 Å². The minimum absolute atomic E-state index is 0.116. The highest BCUT2D eigenvalue weighted by Crippen LogP contribution is 2.51. The van der Waals surface area contributed by atoms with Gasteiger partial charge in [-0.3, -0.25) is 0 Å². The van der Waals surface area contributed by atoms with Gasteiger partial charge in [-0.15, -0.1) is 0 Å². The number of furan rings is 1. The first kappa shape index (κ1) is 33.2. The summed E-state index contributed by atoms with van der Waals surface area (Å²) < 4.78 is 6.87. The van der Waals surface area contributed by atoms with Crippen molar-refractivity contribution in [2.24, 2.45) is 0 Å². The zero-order valence-corrected chi connectivity index (χ0v) is 31.9. The zero-order chi connectivity index (χ0) is 38.1. The first-order chi connectivity index (χ1) is 28.0. The Morgan fingerprint density at radius 2 is 0.947 bits per heavy atom. The van der Waals surface area contributed by atoms with Crippen LogP contribution in [0.2, 0.25) is 0 Å². The quantitative estimate of drug-likeness (QED) is 0.169. The normalized spacial score (nSPS) is 12.9. The second-order valence-electron chi connectivity index (χ2n) is 15.7. The minimum atomic E-state index is -0.116. The fourth-order valence-corrected chi connectivity index (χ4v) is 9.32. The molecule has 1 aromatic heterocycles. The van der Waals surface area contributed by atoms with Crippen LogP contribution in [0.1, 0.15) is 25.0 Å². The molecule has 1 heterocycles. The van der Waals surface area contributed by atoms with E-state index in [9.17, 15) is 0 Å². The highest BCUT2D eigenvalue weighted by atomic mass is 16.3. The Kier molecular flexibility index (Phi) is 7.55. The van der Waals surface area contributed by atoms with Gasteiger partial charge in [0.25, 0.3) is 0 Å². The molecule has 0 saturated carbocycles. The van der Waals surface area contributed by atoms with Crippen LogP contribution < -0.4 is 4.90 Å². The van der Waals surface area contributed by atoms with Crippen LogP contribution in [0.4, 0.5) is 17.1 Å². The molecule has 10 aromatic rings. The van der Waals surface area contributed by atoms with Crippen molar-refractivity contribution in [3.63, 3.8) is 0 Å². The lowest BCUT2D eigenvalue weighted by Crippen LogP contribution is -2.16. The molecular formula is C55H39NO. The van der Waals surface area contributed by atoms with E-state index in [-0.39, 0.29) is 5.41 Å². The maximum atomic E-state index is 6.87. The lowest BCUT2D eigenvalue weighted by molar-refractivity contribution is 0.660. The molecule has 270 valence electrons. The van der Waals surface area contributed by atoms with Gasteiger partial charge in [-0.25, -0.2) is 0 Å². The molecule has 0 N–H and O–H groups in total. The van der Waals surface area contributed by atoms with Gasteiger partial charge >= 0.3 is 0 Å². The van der Waals surface area contributed by atoms with Gasteiger partial charge in [0.1, 0.15) is 11.2 Å². The van der Waals surface area contributed by atoms with Crippen molar-refractivity contribution < 1.29 is 4.42 Å². The molecule has 2 nitrogen and oxygen atoms in total. The van der Waals surface area contributed by atoms with Gasteiger partial charge in [-0.2, -0.15) is 0 Å². The molecule has 0 bridgehead atoms. The fourth-order valence-electron chi connectivity index (χ4n) is 9.32. The molecule has 0 unspecified atom stereocenters. The van der Waals surface area contributed by atoms with Crippen LogP contribution in [0.3, 0.4) is 0 Å². The smallest absolute Gasteiger partial charge is 0.143 e. The number of para-hydroxylation sites is 2. The fraction of sp³-hybridized carbons (Fsp3) is 0.0545. The number of hydrogen-bond acceptors (Lipinski definition) is 2. The Morgan fingerprint density at radius 3 is 1.72 bits per heavy atom. The van der Waals surface area contributed by atoms with Crippen LogP contribution in [0.15, 0.2) is 205 Å². The molecule has 9 aromatic carbocycles.